The summed E-state index contributed by atoms with van der Waals surface area (Å²) in [4.78, 5) is 22.8. The van der Waals surface area contributed by atoms with E-state index in [1.54, 1.807) is 30.3 Å². The Morgan fingerprint density at radius 2 is 1.78 bits per heavy atom. The Balaban J connectivity index is 1.91. The van der Waals surface area contributed by atoms with Crippen molar-refractivity contribution in [3.05, 3.63) is 53.1 Å². The van der Waals surface area contributed by atoms with Crippen molar-refractivity contribution >= 4 is 29.2 Å². The number of unbranched alkanes of at least 4 members (excludes halogenated alkanes) is 3. The summed E-state index contributed by atoms with van der Waals surface area (Å²) in [6, 6.07) is 11.2. The maximum absolute atomic E-state index is 12.4. The van der Waals surface area contributed by atoms with Crippen molar-refractivity contribution in [1.82, 2.24) is 0 Å². The Kier molecular flexibility index (Phi) is 7.95. The molecular formula is C20H22ClNO5. The quantitative estimate of drug-likeness (QED) is 0.509. The zero-order chi connectivity index (χ0) is 19.6. The Morgan fingerprint density at radius 3 is 2.52 bits per heavy atom. The average Bonchev–Trinajstić information content (AvgIpc) is 2.62. The standard InChI is InChI=1S/C20H22ClNO5/c21-14-10-11-18(27-12-6-2-1-3-9-19(24)25)16(13-14)22-20(26)15-7-4-5-8-17(15)23/h4-5,7-8,10-11,13,23H,1-3,6,9,12H2,(H,22,26)(H,24,25). The van der Waals surface area contributed by atoms with E-state index in [9.17, 15) is 14.7 Å². The van der Waals surface area contributed by atoms with Crippen LogP contribution < -0.4 is 10.1 Å². The Hall–Kier alpha value is -2.73. The first-order valence-electron chi connectivity index (χ1n) is 8.71. The molecule has 0 unspecified atom stereocenters. The lowest BCUT2D eigenvalue weighted by Gasteiger charge is -2.13. The van der Waals surface area contributed by atoms with Crippen molar-refractivity contribution in [3.8, 4) is 11.5 Å². The molecule has 2 aromatic rings. The lowest BCUT2D eigenvalue weighted by Crippen LogP contribution is -2.13. The molecule has 0 aromatic heterocycles. The number of rotatable bonds is 10. The number of nitrogens with one attached hydrogen (secondary N) is 1. The molecule has 2 aromatic carbocycles. The van der Waals surface area contributed by atoms with Crippen molar-refractivity contribution in [1.29, 1.82) is 0 Å². The molecule has 0 saturated carbocycles. The predicted octanol–water partition coefficient (Wildman–Crippen LogP) is 4.71. The fourth-order valence-electron chi connectivity index (χ4n) is 2.50. The topological polar surface area (TPSA) is 95.9 Å². The lowest BCUT2D eigenvalue weighted by molar-refractivity contribution is -0.137. The van der Waals surface area contributed by atoms with Crippen molar-refractivity contribution in [3.63, 3.8) is 0 Å². The van der Waals surface area contributed by atoms with E-state index in [1.165, 1.54) is 12.1 Å². The van der Waals surface area contributed by atoms with E-state index in [1.807, 2.05) is 0 Å². The number of carbonyl (C=O) groups is 2. The van der Waals surface area contributed by atoms with Gasteiger partial charge < -0.3 is 20.3 Å². The molecule has 0 aliphatic heterocycles. The van der Waals surface area contributed by atoms with Crippen LogP contribution in [0, 0.1) is 0 Å². The summed E-state index contributed by atoms with van der Waals surface area (Å²) in [6.07, 6.45) is 3.29. The summed E-state index contributed by atoms with van der Waals surface area (Å²) < 4.78 is 5.73. The number of benzene rings is 2. The van der Waals surface area contributed by atoms with Gasteiger partial charge in [0.15, 0.2) is 0 Å². The van der Waals surface area contributed by atoms with Crippen LogP contribution in [0.3, 0.4) is 0 Å². The minimum atomic E-state index is -0.780. The average molecular weight is 392 g/mol. The number of hydrogen-bond donors (Lipinski definition) is 3. The molecule has 0 heterocycles. The third-order valence-electron chi connectivity index (χ3n) is 3.88. The molecule has 0 spiro atoms. The maximum Gasteiger partial charge on any atom is 0.303 e. The highest BCUT2D eigenvalue weighted by atomic mass is 35.5. The smallest absolute Gasteiger partial charge is 0.303 e. The van der Waals surface area contributed by atoms with Crippen LogP contribution in [-0.4, -0.2) is 28.7 Å². The molecule has 0 radical (unpaired) electrons. The highest BCUT2D eigenvalue weighted by molar-refractivity contribution is 6.31. The monoisotopic (exact) mass is 391 g/mol. The number of amides is 1. The van der Waals surface area contributed by atoms with E-state index in [2.05, 4.69) is 5.32 Å². The summed E-state index contributed by atoms with van der Waals surface area (Å²) in [5.74, 6) is -0.874. The molecule has 6 nitrogen and oxygen atoms in total. The zero-order valence-corrected chi connectivity index (χ0v) is 15.5. The molecular weight excluding hydrogens is 370 g/mol. The molecule has 7 heteroatoms. The first-order valence-corrected chi connectivity index (χ1v) is 9.08. The molecule has 0 aliphatic carbocycles. The SMILES string of the molecule is O=C(O)CCCCCCOc1ccc(Cl)cc1NC(=O)c1ccccc1O. The van der Waals surface area contributed by atoms with Crippen LogP contribution in [0.25, 0.3) is 0 Å². The van der Waals surface area contributed by atoms with Gasteiger partial charge >= 0.3 is 5.97 Å². The second-order valence-corrected chi connectivity index (χ2v) is 6.45. The molecule has 144 valence electrons. The summed E-state index contributed by atoms with van der Waals surface area (Å²) >= 11 is 6.02. The lowest BCUT2D eigenvalue weighted by atomic mass is 10.1. The molecule has 1 amide bonds. The van der Waals surface area contributed by atoms with Gasteiger partial charge in [-0.1, -0.05) is 36.6 Å². The highest BCUT2D eigenvalue weighted by Crippen LogP contribution is 2.29. The van der Waals surface area contributed by atoms with Crippen molar-refractivity contribution in [2.45, 2.75) is 32.1 Å². The van der Waals surface area contributed by atoms with E-state index >= 15 is 0 Å². The number of aromatic hydroxyl groups is 1. The first-order chi connectivity index (χ1) is 13.0. The highest BCUT2D eigenvalue weighted by Gasteiger charge is 2.13. The van der Waals surface area contributed by atoms with Gasteiger partial charge in [-0.15, -0.1) is 0 Å². The fourth-order valence-corrected chi connectivity index (χ4v) is 2.67. The molecule has 0 bridgehead atoms. The predicted molar refractivity (Wildman–Crippen MR) is 104 cm³/mol. The van der Waals surface area contributed by atoms with Gasteiger partial charge in [-0.2, -0.15) is 0 Å². The van der Waals surface area contributed by atoms with Gasteiger partial charge in [0.05, 0.1) is 17.9 Å². The Morgan fingerprint density at radius 1 is 1.04 bits per heavy atom. The molecule has 2 rings (SSSR count). The van der Waals surface area contributed by atoms with Crippen molar-refractivity contribution in [2.75, 3.05) is 11.9 Å². The minimum Gasteiger partial charge on any atom is -0.507 e. The van der Waals surface area contributed by atoms with Gasteiger partial charge in [0.2, 0.25) is 0 Å². The van der Waals surface area contributed by atoms with Crippen molar-refractivity contribution < 1.29 is 24.5 Å². The first kappa shape index (κ1) is 20.6. The van der Waals surface area contributed by atoms with Gasteiger partial charge in [0.1, 0.15) is 11.5 Å². The summed E-state index contributed by atoms with van der Waals surface area (Å²) in [5, 5.41) is 21.6. The molecule has 0 aliphatic rings. The second kappa shape index (κ2) is 10.4. The zero-order valence-electron chi connectivity index (χ0n) is 14.8. The number of hydrogen-bond acceptors (Lipinski definition) is 4. The van der Waals surface area contributed by atoms with E-state index in [0.29, 0.717) is 29.5 Å². The second-order valence-electron chi connectivity index (χ2n) is 6.02. The number of anilines is 1. The van der Waals surface area contributed by atoms with Gasteiger partial charge in [0, 0.05) is 11.4 Å². The number of halogens is 1. The number of ether oxygens (including phenoxy) is 1. The normalized spacial score (nSPS) is 10.4. The van der Waals surface area contributed by atoms with E-state index in [-0.39, 0.29) is 17.7 Å². The minimum absolute atomic E-state index is 0.110. The number of aliphatic carboxylic acids is 1. The maximum atomic E-state index is 12.4. The van der Waals surface area contributed by atoms with Crippen LogP contribution in [0.2, 0.25) is 5.02 Å². The largest absolute Gasteiger partial charge is 0.507 e. The van der Waals surface area contributed by atoms with Crippen LogP contribution in [0.1, 0.15) is 42.5 Å². The Bertz CT molecular complexity index is 794. The van der Waals surface area contributed by atoms with Gasteiger partial charge in [-0.3, -0.25) is 9.59 Å². The molecule has 0 atom stereocenters. The van der Waals surface area contributed by atoms with Crippen LogP contribution in [0.4, 0.5) is 5.69 Å². The Labute approximate surface area is 162 Å². The third-order valence-corrected chi connectivity index (χ3v) is 4.12. The molecule has 3 N–H and O–H groups in total. The van der Waals surface area contributed by atoms with E-state index in [0.717, 1.165) is 19.3 Å². The summed E-state index contributed by atoms with van der Waals surface area (Å²) in [5.41, 5.74) is 0.573. The number of carbonyl (C=O) groups excluding carboxylic acids is 1. The van der Waals surface area contributed by atoms with Crippen molar-refractivity contribution in [2.24, 2.45) is 0 Å². The number of phenols is 1. The van der Waals surface area contributed by atoms with E-state index in [4.69, 9.17) is 21.4 Å². The molecule has 27 heavy (non-hydrogen) atoms. The molecule has 0 fully saturated rings. The summed E-state index contributed by atoms with van der Waals surface area (Å²) in [6.45, 7) is 0.439. The van der Waals surface area contributed by atoms with Crippen LogP contribution in [-0.2, 0) is 4.79 Å². The van der Waals surface area contributed by atoms with Gasteiger partial charge in [0.25, 0.3) is 5.91 Å². The van der Waals surface area contributed by atoms with Gasteiger partial charge in [-0.05, 0) is 43.2 Å². The summed E-state index contributed by atoms with van der Waals surface area (Å²) in [7, 11) is 0. The number of para-hydroxylation sites is 1. The van der Waals surface area contributed by atoms with Crippen LogP contribution in [0.15, 0.2) is 42.5 Å². The fraction of sp³-hybridized carbons (Fsp3) is 0.300. The van der Waals surface area contributed by atoms with Crippen LogP contribution in [0.5, 0.6) is 11.5 Å². The number of phenolic OH excluding ortho intramolecular Hbond substituents is 1. The van der Waals surface area contributed by atoms with E-state index < -0.39 is 11.9 Å². The molecule has 0 saturated heterocycles. The third kappa shape index (κ3) is 6.83. The van der Waals surface area contributed by atoms with Gasteiger partial charge in [-0.25, -0.2) is 0 Å². The van der Waals surface area contributed by atoms with Crippen LogP contribution >= 0.6 is 11.6 Å². The number of carboxylic acid groups (broad SMARTS) is 1. The number of carboxylic acids is 1.